The summed E-state index contributed by atoms with van der Waals surface area (Å²) in [7, 11) is 0. The van der Waals surface area contributed by atoms with Crippen LogP contribution in [0.3, 0.4) is 0 Å². The van der Waals surface area contributed by atoms with Crippen LogP contribution in [0, 0.1) is 29.1 Å². The fourth-order valence-corrected chi connectivity index (χ4v) is 5.32. The van der Waals surface area contributed by atoms with Crippen molar-refractivity contribution in [2.45, 2.75) is 30.6 Å². The van der Waals surface area contributed by atoms with Crippen LogP contribution in [0.1, 0.15) is 25.7 Å². The van der Waals surface area contributed by atoms with Crippen molar-refractivity contribution in [2.24, 2.45) is 0 Å². The Morgan fingerprint density at radius 1 is 0.839 bits per heavy atom. The molecule has 0 saturated heterocycles. The summed E-state index contributed by atoms with van der Waals surface area (Å²) in [6.07, 6.45) is 0.863. The van der Waals surface area contributed by atoms with Crippen LogP contribution in [-0.4, -0.2) is 20.1 Å². The quantitative estimate of drug-likeness (QED) is 0.0844. The van der Waals surface area contributed by atoms with Crippen LogP contribution in [0.4, 0.5) is 22.0 Å². The first kappa shape index (κ1) is 25.7. The summed E-state index contributed by atoms with van der Waals surface area (Å²) in [5.41, 5.74) is 0. The molecule has 0 atom stereocenters. The topological polar surface area (TPSA) is 43.4 Å². The molecule has 166 valence electrons. The van der Waals surface area contributed by atoms with Crippen molar-refractivity contribution < 1.29 is 55.6 Å². The van der Waals surface area contributed by atoms with Gasteiger partial charge in [0.15, 0.2) is 0 Å². The summed E-state index contributed by atoms with van der Waals surface area (Å²) in [5, 5.41) is 0.0351. The second kappa shape index (κ2) is 12.5. The summed E-state index contributed by atoms with van der Waals surface area (Å²) in [4.78, 5) is 24.5. The Kier molecular flexibility index (Phi) is 10.4. The van der Waals surface area contributed by atoms with Crippen molar-refractivity contribution in [3.63, 3.8) is 0 Å². The van der Waals surface area contributed by atoms with Gasteiger partial charge in [0.25, 0.3) is 0 Å². The average molecular weight is 646 g/mol. The molecular formula is C20H15F5O3S2W. The number of ether oxygens (including phenoxy) is 1. The number of rotatable bonds is 10. The van der Waals surface area contributed by atoms with Crippen LogP contribution in [0.5, 0.6) is 5.75 Å². The zero-order chi connectivity index (χ0) is 23.0. The SMILES string of the molecule is O=C(CCC[C](=[W])SCCC(=O)Sc1ccccc1)Oc1c(F)c(F)c(F)c(F)c1F. The molecule has 2 rings (SSSR count). The fraction of sp³-hybridized carbons (Fsp3) is 0.250. The third-order valence-corrected chi connectivity index (χ3v) is 7.57. The average Bonchev–Trinajstić information content (AvgIpc) is 2.74. The summed E-state index contributed by atoms with van der Waals surface area (Å²) >= 11 is 3.81. The molecule has 2 aromatic rings. The Morgan fingerprint density at radius 3 is 2.03 bits per heavy atom. The van der Waals surface area contributed by atoms with Gasteiger partial charge in [0.2, 0.25) is 0 Å². The molecule has 0 bridgehead atoms. The van der Waals surface area contributed by atoms with Gasteiger partial charge in [-0.05, 0) is 0 Å². The first-order valence-electron chi connectivity index (χ1n) is 8.84. The molecular weight excluding hydrogens is 631 g/mol. The molecule has 0 aliphatic rings. The molecule has 2 aromatic carbocycles. The Hall–Kier alpha value is -1.51. The van der Waals surface area contributed by atoms with Gasteiger partial charge >= 0.3 is 195 Å². The summed E-state index contributed by atoms with van der Waals surface area (Å²) < 4.78 is 71.7. The zero-order valence-electron chi connectivity index (χ0n) is 15.8. The van der Waals surface area contributed by atoms with E-state index in [0.29, 0.717) is 18.6 Å². The molecule has 0 aliphatic heterocycles. The van der Waals surface area contributed by atoms with Gasteiger partial charge in [-0.2, -0.15) is 0 Å². The van der Waals surface area contributed by atoms with Crippen LogP contribution >= 0.6 is 23.5 Å². The van der Waals surface area contributed by atoms with Crippen molar-refractivity contribution in [1.29, 1.82) is 0 Å². The van der Waals surface area contributed by atoms with Crippen molar-refractivity contribution >= 4 is 37.8 Å². The molecule has 11 heteroatoms. The summed E-state index contributed by atoms with van der Waals surface area (Å²) in [6, 6.07) is 9.26. The molecule has 31 heavy (non-hydrogen) atoms. The molecule has 0 N–H and O–H groups in total. The molecule has 0 unspecified atom stereocenters. The molecule has 3 nitrogen and oxygen atoms in total. The molecule has 0 amide bonds. The number of halogens is 5. The van der Waals surface area contributed by atoms with E-state index in [1.807, 2.05) is 30.3 Å². The van der Waals surface area contributed by atoms with E-state index in [9.17, 15) is 31.5 Å². The number of thioether (sulfide) groups is 2. The molecule has 0 aliphatic carbocycles. The Labute approximate surface area is 194 Å². The van der Waals surface area contributed by atoms with Crippen LogP contribution < -0.4 is 4.74 Å². The van der Waals surface area contributed by atoms with E-state index in [-0.39, 0.29) is 18.0 Å². The molecule has 0 fully saturated rings. The van der Waals surface area contributed by atoms with Crippen molar-refractivity contribution in [3.8, 4) is 5.75 Å². The number of esters is 1. The van der Waals surface area contributed by atoms with E-state index >= 15 is 0 Å². The molecule has 0 aromatic heterocycles. The third kappa shape index (κ3) is 7.84. The van der Waals surface area contributed by atoms with Gasteiger partial charge in [-0.3, -0.25) is 0 Å². The Morgan fingerprint density at radius 2 is 1.42 bits per heavy atom. The van der Waals surface area contributed by atoms with Gasteiger partial charge in [0, 0.05) is 0 Å². The van der Waals surface area contributed by atoms with E-state index in [1.54, 1.807) is 0 Å². The molecule has 0 radical (unpaired) electrons. The minimum absolute atomic E-state index is 0.0351. The molecule has 0 spiro atoms. The van der Waals surface area contributed by atoms with Crippen molar-refractivity contribution in [3.05, 3.63) is 59.4 Å². The maximum absolute atomic E-state index is 13.5. The van der Waals surface area contributed by atoms with Crippen molar-refractivity contribution in [2.75, 3.05) is 5.75 Å². The Bertz CT molecular complexity index is 944. The van der Waals surface area contributed by atoms with E-state index < -0.39 is 40.8 Å². The van der Waals surface area contributed by atoms with Crippen LogP contribution in [0.25, 0.3) is 0 Å². The first-order valence-corrected chi connectivity index (χ1v) is 12.1. The van der Waals surface area contributed by atoms with Crippen LogP contribution in [-0.2, 0) is 28.9 Å². The van der Waals surface area contributed by atoms with Gasteiger partial charge < -0.3 is 0 Å². The maximum atomic E-state index is 13.5. The van der Waals surface area contributed by atoms with Gasteiger partial charge in [-0.1, -0.05) is 0 Å². The summed E-state index contributed by atoms with van der Waals surface area (Å²) in [5.74, 6) is -13.2. The van der Waals surface area contributed by atoms with Crippen molar-refractivity contribution in [1.82, 2.24) is 0 Å². The van der Waals surface area contributed by atoms with Gasteiger partial charge in [0.05, 0.1) is 0 Å². The molecule has 0 heterocycles. The van der Waals surface area contributed by atoms with E-state index in [2.05, 4.69) is 4.74 Å². The van der Waals surface area contributed by atoms with E-state index in [4.69, 9.17) is 0 Å². The predicted octanol–water partition coefficient (Wildman–Crippen LogP) is 5.58. The second-order valence-electron chi connectivity index (χ2n) is 5.98. The third-order valence-electron chi connectivity index (χ3n) is 3.69. The summed E-state index contributed by atoms with van der Waals surface area (Å²) in [6.45, 7) is 0. The van der Waals surface area contributed by atoms with Crippen LogP contribution in [0.2, 0.25) is 0 Å². The monoisotopic (exact) mass is 646 g/mol. The van der Waals surface area contributed by atoms with Gasteiger partial charge in [-0.25, -0.2) is 0 Å². The number of hydrogen-bond donors (Lipinski definition) is 0. The van der Waals surface area contributed by atoms with E-state index in [1.165, 1.54) is 23.5 Å². The number of benzene rings is 2. The number of carbonyl (C=O) groups excluding carboxylic acids is 2. The van der Waals surface area contributed by atoms with Gasteiger partial charge in [-0.15, -0.1) is 0 Å². The minimum atomic E-state index is -2.32. The number of hydrogen-bond acceptors (Lipinski definition) is 5. The first-order chi connectivity index (χ1) is 14.7. The second-order valence-corrected chi connectivity index (χ2v) is 11.1. The van der Waals surface area contributed by atoms with E-state index in [0.717, 1.165) is 27.5 Å². The molecule has 0 saturated carbocycles. The normalized spacial score (nSPS) is 10.7. The van der Waals surface area contributed by atoms with Crippen LogP contribution in [0.15, 0.2) is 35.2 Å². The van der Waals surface area contributed by atoms with Gasteiger partial charge in [0.1, 0.15) is 0 Å². The predicted molar refractivity (Wildman–Crippen MR) is 105 cm³/mol. The number of carbonyl (C=O) groups is 2. The fourth-order valence-electron chi connectivity index (χ4n) is 2.21. The zero-order valence-corrected chi connectivity index (χ0v) is 20.3. The Balaban J connectivity index is 1.70. The standard InChI is InChI=1S/C20H15F5O3S2.W/c21-15-16(22)18(24)20(19(25)17(15)23)28-13(26)8-4-5-10-29-11-9-14(27)30-12-6-2-1-3-7-12;/h1-3,6-7H,4-5,8-9,11H2;.